The molecule has 0 aromatic carbocycles. The zero-order valence-corrected chi connectivity index (χ0v) is 4.89. The Bertz CT molecular complexity index is 81.7. The maximum absolute atomic E-state index is 5.62. The van der Waals surface area contributed by atoms with Crippen LogP contribution in [0.15, 0.2) is 0 Å². The van der Waals surface area contributed by atoms with Crippen molar-refractivity contribution in [3.05, 3.63) is 0 Å². The highest BCUT2D eigenvalue weighted by Gasteiger charge is 2.21. The van der Waals surface area contributed by atoms with E-state index < -0.39 is 0 Å². The standard InChI is InChI=1S/C4H7ClN2/c1-7-3-4(5)2-6-7/h2,4H,3H2,1H3/q+1. The lowest BCUT2D eigenvalue weighted by Crippen LogP contribution is -2.17. The number of hydrazone groups is 1. The molecule has 2 nitrogen and oxygen atoms in total. The highest BCUT2D eigenvalue weighted by molar-refractivity contribution is 6.28. The molecule has 0 N–H and O–H groups in total. The summed E-state index contributed by atoms with van der Waals surface area (Å²) in [5, 5.41) is 5.84. The van der Waals surface area contributed by atoms with Crippen LogP contribution < -0.4 is 5.10 Å². The molecule has 0 aromatic rings. The summed E-state index contributed by atoms with van der Waals surface area (Å²) < 4.78 is 0. The van der Waals surface area contributed by atoms with E-state index in [4.69, 9.17) is 11.6 Å². The van der Waals surface area contributed by atoms with Gasteiger partial charge in [0.25, 0.3) is 6.21 Å². The minimum atomic E-state index is 0.130. The van der Waals surface area contributed by atoms with Crippen molar-refractivity contribution < 1.29 is 0 Å². The molecule has 3 heteroatoms. The molecule has 0 aliphatic carbocycles. The third-order valence-electron chi connectivity index (χ3n) is 0.864. The molecule has 1 heterocycles. The zero-order valence-electron chi connectivity index (χ0n) is 4.13. The summed E-state index contributed by atoms with van der Waals surface area (Å²) in [6.45, 7) is 0.849. The topological polar surface area (TPSA) is 17.3 Å². The predicted molar refractivity (Wildman–Crippen MR) is 30.5 cm³/mol. The molecule has 39 valence electrons. The average molecular weight is 119 g/mol. The van der Waals surface area contributed by atoms with Crippen LogP contribution in [0.3, 0.4) is 0 Å². The second-order valence-electron chi connectivity index (χ2n) is 1.62. The van der Waals surface area contributed by atoms with Crippen LogP contribution >= 0.6 is 11.6 Å². The molecule has 0 saturated heterocycles. The summed E-state index contributed by atoms with van der Waals surface area (Å²) in [6, 6.07) is 0. The third kappa shape index (κ3) is 1.06. The summed E-state index contributed by atoms with van der Waals surface area (Å²) in [5.41, 5.74) is 0. The number of rotatable bonds is 0. The molecular formula is C4H7ClN2+. The maximum atomic E-state index is 5.62. The van der Waals surface area contributed by atoms with E-state index in [9.17, 15) is 0 Å². The van der Waals surface area contributed by atoms with Crippen molar-refractivity contribution in [2.24, 2.45) is 0 Å². The molecule has 0 fully saturated rings. The van der Waals surface area contributed by atoms with Crippen molar-refractivity contribution in [3.63, 3.8) is 0 Å². The Labute approximate surface area is 47.8 Å². The normalized spacial score (nSPS) is 29.4. The molecule has 7 heavy (non-hydrogen) atoms. The molecule has 1 aliphatic heterocycles. The van der Waals surface area contributed by atoms with Crippen molar-refractivity contribution in [1.29, 1.82) is 0 Å². The number of hydrogen-bond acceptors (Lipinski definition) is 2. The number of alkyl halides is 1. The molecule has 1 aliphatic rings. The Morgan fingerprint density at radius 3 is 2.86 bits per heavy atom. The fourth-order valence-corrected chi connectivity index (χ4v) is 0.783. The largest absolute Gasteiger partial charge is 0.271 e. The van der Waals surface area contributed by atoms with Gasteiger partial charge in [0, 0.05) is 0 Å². The van der Waals surface area contributed by atoms with E-state index in [0.29, 0.717) is 0 Å². The third-order valence-corrected chi connectivity index (χ3v) is 1.11. The van der Waals surface area contributed by atoms with Gasteiger partial charge in [-0.3, -0.25) is 0 Å². The lowest BCUT2D eigenvalue weighted by atomic mass is 10.5. The van der Waals surface area contributed by atoms with Crippen LogP contribution in [-0.4, -0.2) is 30.2 Å². The molecule has 1 radical (unpaired) electrons. The van der Waals surface area contributed by atoms with E-state index in [1.165, 1.54) is 0 Å². The van der Waals surface area contributed by atoms with E-state index in [-0.39, 0.29) is 5.38 Å². The van der Waals surface area contributed by atoms with Crippen LogP contribution in [0, 0.1) is 0 Å². The molecule has 0 saturated carbocycles. The second-order valence-corrected chi connectivity index (χ2v) is 2.18. The number of halogens is 1. The molecule has 0 spiro atoms. The predicted octanol–water partition coefficient (Wildman–Crippen LogP) is -0.139. The van der Waals surface area contributed by atoms with Gasteiger partial charge in [0.05, 0.1) is 7.05 Å². The van der Waals surface area contributed by atoms with Gasteiger partial charge < -0.3 is 0 Å². The lowest BCUT2D eigenvalue weighted by molar-refractivity contribution is 0.346. The van der Waals surface area contributed by atoms with Crippen molar-refractivity contribution in [2.45, 2.75) is 5.38 Å². The SMILES string of the molecule is CN1CC(Cl)C=[N+]1. The first-order valence-corrected chi connectivity index (χ1v) is 2.62. The van der Waals surface area contributed by atoms with E-state index >= 15 is 0 Å². The van der Waals surface area contributed by atoms with E-state index in [0.717, 1.165) is 6.54 Å². The fraction of sp³-hybridized carbons (Fsp3) is 0.750. The minimum absolute atomic E-state index is 0.130. The van der Waals surface area contributed by atoms with Gasteiger partial charge >= 0.3 is 0 Å². The van der Waals surface area contributed by atoms with Crippen LogP contribution in [0.2, 0.25) is 0 Å². The summed E-state index contributed by atoms with van der Waals surface area (Å²) in [7, 11) is 1.90. The summed E-state index contributed by atoms with van der Waals surface area (Å²) in [6.07, 6.45) is 1.74. The Kier molecular flexibility index (Phi) is 1.19. The van der Waals surface area contributed by atoms with Crippen LogP contribution in [-0.2, 0) is 0 Å². The van der Waals surface area contributed by atoms with Gasteiger partial charge in [0.15, 0.2) is 5.10 Å². The maximum Gasteiger partial charge on any atom is 0.271 e. The van der Waals surface area contributed by atoms with Crippen molar-refractivity contribution >= 4 is 17.8 Å². The molecule has 1 atom stereocenters. The van der Waals surface area contributed by atoms with Crippen molar-refractivity contribution in [3.8, 4) is 0 Å². The highest BCUT2D eigenvalue weighted by Crippen LogP contribution is 1.96. The van der Waals surface area contributed by atoms with Crippen LogP contribution in [0.1, 0.15) is 0 Å². The Morgan fingerprint density at radius 1 is 2.00 bits per heavy atom. The van der Waals surface area contributed by atoms with Gasteiger partial charge in [0.2, 0.25) is 0 Å². The molecular weight excluding hydrogens is 112 g/mol. The van der Waals surface area contributed by atoms with E-state index in [2.05, 4.69) is 5.10 Å². The first-order chi connectivity index (χ1) is 3.29. The highest BCUT2D eigenvalue weighted by atomic mass is 35.5. The average Bonchev–Trinajstić information content (AvgIpc) is 1.87. The lowest BCUT2D eigenvalue weighted by Gasteiger charge is -1.90. The fourth-order valence-electron chi connectivity index (χ4n) is 0.533. The molecule has 0 aromatic heterocycles. The van der Waals surface area contributed by atoms with Gasteiger partial charge in [-0.15, -0.1) is 16.6 Å². The van der Waals surface area contributed by atoms with Crippen LogP contribution in [0.4, 0.5) is 0 Å². The van der Waals surface area contributed by atoms with Crippen LogP contribution in [0.5, 0.6) is 0 Å². The Morgan fingerprint density at radius 2 is 2.71 bits per heavy atom. The molecule has 0 amide bonds. The Balaban J connectivity index is 2.42. The minimum Gasteiger partial charge on any atom is -0.123 e. The smallest absolute Gasteiger partial charge is 0.123 e. The van der Waals surface area contributed by atoms with Crippen LogP contribution in [0.25, 0.3) is 0 Å². The monoisotopic (exact) mass is 118 g/mol. The number of nitrogens with zero attached hydrogens (tertiary/aromatic N) is 2. The summed E-state index contributed by atoms with van der Waals surface area (Å²) >= 11 is 5.62. The molecule has 0 bridgehead atoms. The molecule has 1 unspecified atom stereocenters. The van der Waals surface area contributed by atoms with Gasteiger partial charge in [-0.1, -0.05) is 0 Å². The van der Waals surface area contributed by atoms with Gasteiger partial charge in [-0.2, -0.15) is 0 Å². The van der Waals surface area contributed by atoms with E-state index in [1.807, 2.05) is 12.1 Å². The quantitative estimate of drug-likeness (QED) is 0.405. The van der Waals surface area contributed by atoms with Crippen molar-refractivity contribution in [1.82, 2.24) is 10.1 Å². The number of hydrogen-bond donors (Lipinski definition) is 0. The first-order valence-electron chi connectivity index (χ1n) is 2.18. The molecule has 1 rings (SSSR count). The van der Waals surface area contributed by atoms with Gasteiger partial charge in [0.1, 0.15) is 11.9 Å². The second kappa shape index (κ2) is 1.70. The summed E-state index contributed by atoms with van der Waals surface area (Å²) in [5.74, 6) is 0. The van der Waals surface area contributed by atoms with Crippen molar-refractivity contribution in [2.75, 3.05) is 13.6 Å². The van der Waals surface area contributed by atoms with E-state index in [1.54, 1.807) is 6.21 Å². The zero-order chi connectivity index (χ0) is 5.28. The summed E-state index contributed by atoms with van der Waals surface area (Å²) in [4.78, 5) is 0. The van der Waals surface area contributed by atoms with Gasteiger partial charge in [-0.05, 0) is 0 Å². The first kappa shape index (κ1) is 4.91. The Hall–Kier alpha value is -0.240. The van der Waals surface area contributed by atoms with Gasteiger partial charge in [-0.25, -0.2) is 0 Å².